The maximum atomic E-state index is 13.1. The lowest BCUT2D eigenvalue weighted by molar-refractivity contribution is -0.143. The summed E-state index contributed by atoms with van der Waals surface area (Å²) in [4.78, 5) is 36.2. The molecule has 33 heavy (non-hydrogen) atoms. The summed E-state index contributed by atoms with van der Waals surface area (Å²) >= 11 is 0.899. The van der Waals surface area contributed by atoms with Crippen LogP contribution in [0.1, 0.15) is 49.8 Å². The fourth-order valence-electron chi connectivity index (χ4n) is 2.76. The summed E-state index contributed by atoms with van der Waals surface area (Å²) in [7, 11) is 0. The second-order valence-electron chi connectivity index (χ2n) is 6.67. The monoisotopic (exact) mass is 489 g/mol. The zero-order valence-electron chi connectivity index (χ0n) is 16.5. The molecule has 0 aliphatic carbocycles. The first-order valence-electron chi connectivity index (χ1n) is 8.94. The van der Waals surface area contributed by atoms with Crippen LogP contribution in [-0.4, -0.2) is 26.8 Å². The minimum absolute atomic E-state index is 0.0697. The van der Waals surface area contributed by atoms with E-state index in [4.69, 9.17) is 5.73 Å². The molecule has 0 aliphatic rings. The average Bonchev–Trinajstić information content (AvgIpc) is 3.22. The summed E-state index contributed by atoms with van der Waals surface area (Å²) in [6.45, 7) is 1.41. The number of halogens is 6. The summed E-state index contributed by atoms with van der Waals surface area (Å²) < 4.78 is 78.4. The molecule has 0 fully saturated rings. The zero-order chi connectivity index (χ0) is 24.6. The van der Waals surface area contributed by atoms with E-state index in [1.807, 2.05) is 0 Å². The molecule has 0 bridgehead atoms. The third kappa shape index (κ3) is 5.45. The zero-order valence-corrected chi connectivity index (χ0v) is 17.3. The number of aromatic nitrogens is 3. The van der Waals surface area contributed by atoms with Gasteiger partial charge in [0.2, 0.25) is 0 Å². The predicted octanol–water partition coefficient (Wildman–Crippen LogP) is 4.23. The van der Waals surface area contributed by atoms with Gasteiger partial charge < -0.3 is 11.1 Å². The van der Waals surface area contributed by atoms with Crippen LogP contribution >= 0.6 is 11.3 Å². The molecule has 7 nitrogen and oxygen atoms in total. The molecule has 0 spiro atoms. The van der Waals surface area contributed by atoms with E-state index >= 15 is 0 Å². The number of primary amides is 1. The second kappa shape index (κ2) is 8.77. The number of carbonyl (C=O) groups excluding carboxylic acids is 2. The number of carbonyl (C=O) groups is 2. The van der Waals surface area contributed by atoms with E-state index in [1.54, 1.807) is 0 Å². The first kappa shape index (κ1) is 24.1. The SMILES string of the molecule is CC(NC(=O)c1cc(C(F)(F)F)cc(C(F)(F)F)c1)c1nccnc1-c1ncc(C(N)=O)s1. The molecule has 3 aromatic rings. The Kier molecular flexibility index (Phi) is 6.40. The number of nitrogens with two attached hydrogens (primary N) is 1. The van der Waals surface area contributed by atoms with Crippen molar-refractivity contribution in [2.45, 2.75) is 25.3 Å². The highest BCUT2D eigenvalue weighted by molar-refractivity contribution is 7.16. The predicted molar refractivity (Wildman–Crippen MR) is 104 cm³/mol. The third-order valence-electron chi connectivity index (χ3n) is 4.29. The lowest BCUT2D eigenvalue weighted by Gasteiger charge is -2.17. The Morgan fingerprint density at radius 1 is 0.970 bits per heavy atom. The fraction of sp³-hybridized carbons (Fsp3) is 0.211. The van der Waals surface area contributed by atoms with Gasteiger partial charge >= 0.3 is 12.4 Å². The number of amides is 2. The van der Waals surface area contributed by atoms with Crippen molar-refractivity contribution >= 4 is 23.2 Å². The van der Waals surface area contributed by atoms with Crippen LogP contribution in [0.4, 0.5) is 26.3 Å². The molecule has 14 heteroatoms. The minimum Gasteiger partial charge on any atom is -0.365 e. The normalized spacial score (nSPS) is 12.9. The number of hydrogen-bond donors (Lipinski definition) is 2. The van der Waals surface area contributed by atoms with Crippen molar-refractivity contribution in [1.82, 2.24) is 20.3 Å². The van der Waals surface area contributed by atoms with Gasteiger partial charge in [-0.2, -0.15) is 26.3 Å². The minimum atomic E-state index is -5.09. The largest absolute Gasteiger partial charge is 0.416 e. The number of hydrogen-bond acceptors (Lipinski definition) is 6. The first-order valence-corrected chi connectivity index (χ1v) is 9.76. The standard InChI is InChI=1S/C19H13F6N5O2S/c1-8(13-14(28-3-2-27-13)17-29-7-12(33-17)15(26)31)30-16(32)9-4-10(18(20,21)22)6-11(5-9)19(23,24)25/h2-8H,1H3,(H2,26,31)(H,30,32). The van der Waals surface area contributed by atoms with Gasteiger partial charge in [0.25, 0.3) is 11.8 Å². The van der Waals surface area contributed by atoms with Gasteiger partial charge in [-0.1, -0.05) is 0 Å². The molecule has 3 rings (SSSR count). The molecule has 1 unspecified atom stereocenters. The van der Waals surface area contributed by atoms with Gasteiger partial charge in [0.05, 0.1) is 29.1 Å². The van der Waals surface area contributed by atoms with Crippen molar-refractivity contribution in [3.8, 4) is 10.7 Å². The number of benzene rings is 1. The molecule has 0 aliphatic heterocycles. The Balaban J connectivity index is 1.94. The van der Waals surface area contributed by atoms with Crippen LogP contribution < -0.4 is 11.1 Å². The van der Waals surface area contributed by atoms with Crippen molar-refractivity contribution < 1.29 is 35.9 Å². The molecule has 1 aromatic carbocycles. The van der Waals surface area contributed by atoms with E-state index in [1.165, 1.54) is 25.5 Å². The number of nitrogens with one attached hydrogen (secondary N) is 1. The van der Waals surface area contributed by atoms with Crippen LogP contribution in [0.2, 0.25) is 0 Å². The van der Waals surface area contributed by atoms with Gasteiger partial charge in [-0.15, -0.1) is 11.3 Å². The van der Waals surface area contributed by atoms with Crippen molar-refractivity contribution in [2.24, 2.45) is 5.73 Å². The van der Waals surface area contributed by atoms with Gasteiger partial charge in [0, 0.05) is 18.0 Å². The molecule has 0 saturated heterocycles. The Labute approximate surface area is 185 Å². The maximum Gasteiger partial charge on any atom is 0.416 e. The van der Waals surface area contributed by atoms with Crippen molar-refractivity contribution in [3.05, 3.63) is 64.1 Å². The lowest BCUT2D eigenvalue weighted by Crippen LogP contribution is -2.28. The molecule has 0 radical (unpaired) electrons. The van der Waals surface area contributed by atoms with E-state index in [2.05, 4.69) is 20.3 Å². The van der Waals surface area contributed by atoms with Crippen molar-refractivity contribution in [2.75, 3.05) is 0 Å². The highest BCUT2D eigenvalue weighted by Gasteiger charge is 2.37. The number of alkyl halides is 6. The van der Waals surface area contributed by atoms with E-state index in [0.29, 0.717) is 12.1 Å². The number of rotatable bonds is 5. The lowest BCUT2D eigenvalue weighted by atomic mass is 10.0. The van der Waals surface area contributed by atoms with E-state index < -0.39 is 46.9 Å². The van der Waals surface area contributed by atoms with Crippen LogP contribution in [0.3, 0.4) is 0 Å². The summed E-state index contributed by atoms with van der Waals surface area (Å²) in [5.74, 6) is -1.91. The number of nitrogens with zero attached hydrogens (tertiary/aromatic N) is 3. The van der Waals surface area contributed by atoms with E-state index in [-0.39, 0.29) is 27.3 Å². The highest BCUT2D eigenvalue weighted by atomic mass is 32.1. The van der Waals surface area contributed by atoms with Crippen molar-refractivity contribution in [1.29, 1.82) is 0 Å². The van der Waals surface area contributed by atoms with Crippen LogP contribution in [0, 0.1) is 0 Å². The maximum absolute atomic E-state index is 13.1. The van der Waals surface area contributed by atoms with Crippen LogP contribution in [-0.2, 0) is 12.4 Å². The van der Waals surface area contributed by atoms with Crippen LogP contribution in [0.5, 0.6) is 0 Å². The van der Waals surface area contributed by atoms with Gasteiger partial charge in [0.1, 0.15) is 15.6 Å². The van der Waals surface area contributed by atoms with Gasteiger partial charge in [-0.3, -0.25) is 19.6 Å². The summed E-state index contributed by atoms with van der Waals surface area (Å²) in [6.07, 6.45) is -6.39. The van der Waals surface area contributed by atoms with Crippen LogP contribution in [0.15, 0.2) is 36.8 Å². The topological polar surface area (TPSA) is 111 Å². The Morgan fingerprint density at radius 2 is 1.55 bits per heavy atom. The first-order chi connectivity index (χ1) is 15.3. The fourth-order valence-corrected chi connectivity index (χ4v) is 3.54. The third-order valence-corrected chi connectivity index (χ3v) is 5.30. The number of thiazole rings is 1. The van der Waals surface area contributed by atoms with E-state index in [0.717, 1.165) is 11.3 Å². The Morgan fingerprint density at radius 3 is 2.06 bits per heavy atom. The summed E-state index contributed by atoms with van der Waals surface area (Å²) in [5.41, 5.74) is 1.42. The second-order valence-corrected chi connectivity index (χ2v) is 7.70. The highest BCUT2D eigenvalue weighted by Crippen LogP contribution is 2.36. The van der Waals surface area contributed by atoms with E-state index in [9.17, 15) is 35.9 Å². The van der Waals surface area contributed by atoms with Gasteiger partial charge in [0.15, 0.2) is 0 Å². The summed E-state index contributed by atoms with van der Waals surface area (Å²) in [5, 5.41) is 2.55. The molecule has 0 saturated carbocycles. The smallest absolute Gasteiger partial charge is 0.365 e. The molecule has 2 heterocycles. The molecule has 3 N–H and O–H groups in total. The molecule has 1 atom stereocenters. The molecular formula is C19H13F6N5O2S. The van der Waals surface area contributed by atoms with Gasteiger partial charge in [-0.05, 0) is 25.1 Å². The van der Waals surface area contributed by atoms with Crippen molar-refractivity contribution in [3.63, 3.8) is 0 Å². The average molecular weight is 489 g/mol. The molecule has 174 valence electrons. The quantitative estimate of drug-likeness (QED) is 0.522. The van der Waals surface area contributed by atoms with Gasteiger partial charge in [-0.25, -0.2) is 4.98 Å². The Hall–Kier alpha value is -3.55. The summed E-state index contributed by atoms with van der Waals surface area (Å²) in [6, 6.07) is -0.408. The molecule has 2 aromatic heterocycles. The van der Waals surface area contributed by atoms with Crippen LogP contribution in [0.25, 0.3) is 10.7 Å². The molecule has 2 amide bonds. The molecular weight excluding hydrogens is 476 g/mol. The Bertz CT molecular complexity index is 1180.